The van der Waals surface area contributed by atoms with Crippen molar-refractivity contribution in [2.45, 2.75) is 44.1 Å². The molecular formula is C24H28N4O4S. The van der Waals surface area contributed by atoms with E-state index in [-0.39, 0.29) is 23.3 Å². The predicted molar refractivity (Wildman–Crippen MR) is 128 cm³/mol. The lowest BCUT2D eigenvalue weighted by molar-refractivity contribution is -0.127. The molecule has 0 N–H and O–H groups in total. The van der Waals surface area contributed by atoms with Crippen LogP contribution in [-0.4, -0.2) is 57.5 Å². The van der Waals surface area contributed by atoms with Crippen molar-refractivity contribution in [1.82, 2.24) is 19.4 Å². The Hall–Kier alpha value is -2.91. The van der Waals surface area contributed by atoms with Crippen molar-refractivity contribution in [1.29, 1.82) is 0 Å². The molecule has 3 heterocycles. The molecule has 174 valence electrons. The second-order valence-electron chi connectivity index (χ2n) is 7.94. The van der Waals surface area contributed by atoms with Gasteiger partial charge in [0.25, 0.3) is 5.56 Å². The summed E-state index contributed by atoms with van der Waals surface area (Å²) in [5.74, 6) is 0.933. The highest BCUT2D eigenvalue weighted by atomic mass is 32.2. The van der Waals surface area contributed by atoms with Crippen LogP contribution in [0.1, 0.15) is 25.3 Å². The third kappa shape index (κ3) is 5.72. The molecule has 1 fully saturated rings. The van der Waals surface area contributed by atoms with E-state index in [1.54, 1.807) is 34.8 Å². The van der Waals surface area contributed by atoms with Gasteiger partial charge in [0.1, 0.15) is 5.75 Å². The summed E-state index contributed by atoms with van der Waals surface area (Å²) < 4.78 is 12.8. The molecule has 1 aromatic carbocycles. The Morgan fingerprint density at radius 2 is 2.12 bits per heavy atom. The lowest BCUT2D eigenvalue weighted by Crippen LogP contribution is -2.30. The second kappa shape index (κ2) is 10.8. The Morgan fingerprint density at radius 1 is 1.30 bits per heavy atom. The SMILES string of the molecule is CCOc1ccc(CN(C)C(=O)CSc2nc3ncccc3c(=O)n2CC2CCCO2)cc1. The number of hydrogen-bond acceptors (Lipinski definition) is 7. The van der Waals surface area contributed by atoms with Gasteiger partial charge >= 0.3 is 0 Å². The lowest BCUT2D eigenvalue weighted by Gasteiger charge is -2.19. The minimum absolute atomic E-state index is 0.0176. The van der Waals surface area contributed by atoms with Crippen LogP contribution in [0.25, 0.3) is 11.0 Å². The van der Waals surface area contributed by atoms with E-state index >= 15 is 0 Å². The fourth-order valence-corrected chi connectivity index (χ4v) is 4.69. The number of fused-ring (bicyclic) bond motifs is 1. The summed E-state index contributed by atoms with van der Waals surface area (Å²) in [6, 6.07) is 11.2. The normalized spacial score (nSPS) is 15.6. The number of rotatable bonds is 9. The Balaban J connectivity index is 1.47. The molecule has 2 aromatic heterocycles. The van der Waals surface area contributed by atoms with Gasteiger partial charge in [-0.15, -0.1) is 0 Å². The Kier molecular flexibility index (Phi) is 7.61. The maximum absolute atomic E-state index is 13.1. The zero-order valence-corrected chi connectivity index (χ0v) is 19.7. The van der Waals surface area contributed by atoms with E-state index in [0.717, 1.165) is 24.2 Å². The number of carbonyl (C=O) groups excluding carboxylic acids is 1. The molecule has 0 saturated carbocycles. The third-order valence-corrected chi connectivity index (χ3v) is 6.47. The zero-order chi connectivity index (χ0) is 23.2. The number of benzene rings is 1. The molecule has 8 nitrogen and oxygen atoms in total. The first kappa shape index (κ1) is 23.3. The highest BCUT2D eigenvalue weighted by Gasteiger charge is 2.21. The molecular weight excluding hydrogens is 440 g/mol. The zero-order valence-electron chi connectivity index (χ0n) is 18.9. The van der Waals surface area contributed by atoms with Gasteiger partial charge in [0.2, 0.25) is 5.91 Å². The number of nitrogens with zero attached hydrogens (tertiary/aromatic N) is 4. The van der Waals surface area contributed by atoms with E-state index in [2.05, 4.69) is 9.97 Å². The molecule has 1 unspecified atom stereocenters. The first-order valence-corrected chi connectivity index (χ1v) is 12.1. The Labute approximate surface area is 196 Å². The van der Waals surface area contributed by atoms with Crippen molar-refractivity contribution in [2.24, 2.45) is 0 Å². The molecule has 0 bridgehead atoms. The molecule has 3 aromatic rings. The average Bonchev–Trinajstić information content (AvgIpc) is 3.34. The molecule has 9 heteroatoms. The van der Waals surface area contributed by atoms with Gasteiger partial charge in [-0.1, -0.05) is 23.9 Å². The van der Waals surface area contributed by atoms with Crippen molar-refractivity contribution in [3.63, 3.8) is 0 Å². The fraction of sp³-hybridized carbons (Fsp3) is 0.417. The molecule has 1 aliphatic rings. The summed E-state index contributed by atoms with van der Waals surface area (Å²) in [7, 11) is 1.77. The minimum Gasteiger partial charge on any atom is -0.494 e. The number of aromatic nitrogens is 3. The average molecular weight is 469 g/mol. The van der Waals surface area contributed by atoms with Crippen molar-refractivity contribution in [3.05, 3.63) is 58.5 Å². The van der Waals surface area contributed by atoms with Gasteiger partial charge in [0.15, 0.2) is 10.8 Å². The van der Waals surface area contributed by atoms with Crippen LogP contribution >= 0.6 is 11.8 Å². The number of hydrogen-bond donors (Lipinski definition) is 0. The van der Waals surface area contributed by atoms with Crippen LogP contribution in [0.2, 0.25) is 0 Å². The Bertz CT molecular complexity index is 1160. The molecule has 1 atom stereocenters. The number of pyridine rings is 1. The van der Waals surface area contributed by atoms with Gasteiger partial charge in [-0.3, -0.25) is 14.2 Å². The molecule has 1 aliphatic heterocycles. The summed E-state index contributed by atoms with van der Waals surface area (Å²) in [4.78, 5) is 36.5. The quantitative estimate of drug-likeness (QED) is 0.352. The molecule has 4 rings (SSSR count). The van der Waals surface area contributed by atoms with Gasteiger partial charge in [-0.05, 0) is 49.6 Å². The van der Waals surface area contributed by atoms with E-state index in [9.17, 15) is 9.59 Å². The number of thioether (sulfide) groups is 1. The number of carbonyl (C=O) groups is 1. The first-order valence-electron chi connectivity index (χ1n) is 11.1. The highest BCUT2D eigenvalue weighted by molar-refractivity contribution is 7.99. The lowest BCUT2D eigenvalue weighted by atomic mass is 10.2. The van der Waals surface area contributed by atoms with Gasteiger partial charge < -0.3 is 14.4 Å². The van der Waals surface area contributed by atoms with Gasteiger partial charge in [0.05, 0.1) is 30.4 Å². The minimum atomic E-state index is -0.152. The van der Waals surface area contributed by atoms with E-state index < -0.39 is 0 Å². The van der Waals surface area contributed by atoms with Crippen molar-refractivity contribution in [2.75, 3.05) is 26.0 Å². The summed E-state index contributed by atoms with van der Waals surface area (Å²) >= 11 is 1.26. The highest BCUT2D eigenvalue weighted by Crippen LogP contribution is 2.21. The Morgan fingerprint density at radius 3 is 2.85 bits per heavy atom. The van der Waals surface area contributed by atoms with Gasteiger partial charge in [-0.2, -0.15) is 0 Å². The first-order chi connectivity index (χ1) is 16.0. The smallest absolute Gasteiger partial charge is 0.263 e. The maximum Gasteiger partial charge on any atom is 0.263 e. The topological polar surface area (TPSA) is 86.5 Å². The van der Waals surface area contributed by atoms with Crippen LogP contribution in [0, 0.1) is 0 Å². The van der Waals surface area contributed by atoms with Crippen LogP contribution in [0.3, 0.4) is 0 Å². The molecule has 1 saturated heterocycles. The largest absolute Gasteiger partial charge is 0.494 e. The summed E-state index contributed by atoms with van der Waals surface area (Å²) in [5.41, 5.74) is 1.26. The maximum atomic E-state index is 13.1. The molecule has 0 spiro atoms. The third-order valence-electron chi connectivity index (χ3n) is 5.51. The van der Waals surface area contributed by atoms with E-state index in [1.165, 1.54) is 11.8 Å². The monoisotopic (exact) mass is 468 g/mol. The summed E-state index contributed by atoms with van der Waals surface area (Å²) in [6.07, 6.45) is 3.49. The number of ether oxygens (including phenoxy) is 2. The van der Waals surface area contributed by atoms with Crippen molar-refractivity contribution in [3.8, 4) is 5.75 Å². The second-order valence-corrected chi connectivity index (χ2v) is 8.88. The summed E-state index contributed by atoms with van der Waals surface area (Å²) in [6.45, 7) is 4.18. The van der Waals surface area contributed by atoms with Gasteiger partial charge in [-0.25, -0.2) is 9.97 Å². The van der Waals surface area contributed by atoms with Crippen molar-refractivity contribution >= 4 is 28.7 Å². The number of amides is 1. The van der Waals surface area contributed by atoms with E-state index in [4.69, 9.17) is 9.47 Å². The van der Waals surface area contributed by atoms with Crippen LogP contribution < -0.4 is 10.3 Å². The van der Waals surface area contributed by atoms with Crippen LogP contribution in [0.4, 0.5) is 0 Å². The molecule has 0 radical (unpaired) electrons. The fourth-order valence-electron chi connectivity index (χ4n) is 3.76. The molecule has 33 heavy (non-hydrogen) atoms. The van der Waals surface area contributed by atoms with E-state index in [0.29, 0.717) is 42.5 Å². The van der Waals surface area contributed by atoms with Crippen LogP contribution in [0.15, 0.2) is 52.5 Å². The van der Waals surface area contributed by atoms with Crippen molar-refractivity contribution < 1.29 is 14.3 Å². The van der Waals surface area contributed by atoms with Crippen LogP contribution in [0.5, 0.6) is 5.75 Å². The predicted octanol–water partition coefficient (Wildman–Crippen LogP) is 3.12. The van der Waals surface area contributed by atoms with Gasteiger partial charge in [0, 0.05) is 26.4 Å². The van der Waals surface area contributed by atoms with E-state index in [1.807, 2.05) is 31.2 Å². The standard InChI is InChI=1S/C24H28N4O4S/c1-3-31-18-10-8-17(9-11-18)14-27(2)21(29)16-33-24-26-22-20(7-4-12-25-22)23(30)28(24)15-19-6-5-13-32-19/h4,7-12,19H,3,5-6,13-16H2,1-2H3. The molecule has 1 amide bonds. The summed E-state index contributed by atoms with van der Waals surface area (Å²) in [5, 5.41) is 0.961. The van der Waals surface area contributed by atoms with Crippen LogP contribution in [-0.2, 0) is 22.6 Å². The molecule has 0 aliphatic carbocycles.